The minimum Gasteiger partial charge on any atom is -0.410 e. The van der Waals surface area contributed by atoms with E-state index in [9.17, 15) is 9.18 Å². The van der Waals surface area contributed by atoms with E-state index >= 15 is 0 Å². The van der Waals surface area contributed by atoms with Crippen LogP contribution < -0.4 is 10.1 Å². The van der Waals surface area contributed by atoms with Crippen molar-refractivity contribution in [2.75, 3.05) is 5.32 Å². The third-order valence-corrected chi connectivity index (χ3v) is 3.96. The van der Waals surface area contributed by atoms with Gasteiger partial charge in [-0.1, -0.05) is 29.8 Å². The van der Waals surface area contributed by atoms with E-state index in [0.29, 0.717) is 22.5 Å². The Balaban J connectivity index is 1.59. The van der Waals surface area contributed by atoms with Crippen molar-refractivity contribution in [1.29, 1.82) is 0 Å². The van der Waals surface area contributed by atoms with Crippen LogP contribution in [0.1, 0.15) is 0 Å². The summed E-state index contributed by atoms with van der Waals surface area (Å²) in [6.07, 6.45) is -0.836. The van der Waals surface area contributed by atoms with Crippen LogP contribution in [0.2, 0.25) is 5.02 Å². The standard InChI is InChI=1S/C18H10ClFN4O3/c19-12-9-16(22-18(25)26-10-4-2-1-3-5-10)13(20)8-11(12)14-6-7-15-17(21-14)24-27-23-15/h1-9H,(H,22,25). The number of nitrogens with zero attached hydrogens (tertiary/aromatic N) is 3. The number of para-hydroxylation sites is 1. The minimum atomic E-state index is -0.836. The Hall–Kier alpha value is -3.52. The molecule has 4 aromatic rings. The molecule has 0 aliphatic heterocycles. The van der Waals surface area contributed by atoms with Gasteiger partial charge in [-0.2, -0.15) is 0 Å². The van der Waals surface area contributed by atoms with Crippen molar-refractivity contribution in [3.63, 3.8) is 0 Å². The van der Waals surface area contributed by atoms with Gasteiger partial charge in [0.2, 0.25) is 5.65 Å². The predicted molar refractivity (Wildman–Crippen MR) is 96.1 cm³/mol. The molecule has 0 unspecified atom stereocenters. The molecule has 2 aromatic heterocycles. The van der Waals surface area contributed by atoms with Crippen LogP contribution >= 0.6 is 11.6 Å². The maximum atomic E-state index is 14.5. The smallest absolute Gasteiger partial charge is 0.410 e. The van der Waals surface area contributed by atoms with Crippen molar-refractivity contribution >= 4 is 34.5 Å². The Morgan fingerprint density at radius 2 is 1.93 bits per heavy atom. The highest BCUT2D eigenvalue weighted by molar-refractivity contribution is 6.33. The molecule has 9 heteroatoms. The van der Waals surface area contributed by atoms with E-state index < -0.39 is 11.9 Å². The third-order valence-electron chi connectivity index (χ3n) is 3.64. The molecule has 2 heterocycles. The van der Waals surface area contributed by atoms with E-state index in [2.05, 4.69) is 25.2 Å². The number of hydrogen-bond acceptors (Lipinski definition) is 6. The Labute approximate surface area is 156 Å². The zero-order valence-corrected chi connectivity index (χ0v) is 14.3. The van der Waals surface area contributed by atoms with Crippen molar-refractivity contribution in [3.8, 4) is 17.0 Å². The molecule has 0 saturated carbocycles. The van der Waals surface area contributed by atoms with Crippen LogP contribution in [0.5, 0.6) is 5.75 Å². The highest BCUT2D eigenvalue weighted by Crippen LogP contribution is 2.32. The first kappa shape index (κ1) is 16.9. The number of anilines is 1. The van der Waals surface area contributed by atoms with Gasteiger partial charge in [0, 0.05) is 5.56 Å². The van der Waals surface area contributed by atoms with E-state index in [-0.39, 0.29) is 16.4 Å². The van der Waals surface area contributed by atoms with Crippen molar-refractivity contribution in [2.24, 2.45) is 0 Å². The molecule has 0 fully saturated rings. The number of hydrogen-bond donors (Lipinski definition) is 1. The second-order valence-electron chi connectivity index (χ2n) is 5.44. The summed E-state index contributed by atoms with van der Waals surface area (Å²) in [5, 5.41) is 9.82. The van der Waals surface area contributed by atoms with Gasteiger partial charge in [-0.05, 0) is 46.7 Å². The fourth-order valence-electron chi connectivity index (χ4n) is 2.40. The Morgan fingerprint density at radius 1 is 1.11 bits per heavy atom. The predicted octanol–water partition coefficient (Wildman–Crippen LogP) is 4.69. The van der Waals surface area contributed by atoms with E-state index in [1.807, 2.05) is 0 Å². The second-order valence-corrected chi connectivity index (χ2v) is 5.85. The number of ether oxygens (including phenoxy) is 1. The lowest BCUT2D eigenvalue weighted by atomic mass is 10.1. The topological polar surface area (TPSA) is 90.1 Å². The van der Waals surface area contributed by atoms with Gasteiger partial charge >= 0.3 is 6.09 Å². The maximum Gasteiger partial charge on any atom is 0.417 e. The van der Waals surface area contributed by atoms with Gasteiger partial charge in [-0.15, -0.1) is 0 Å². The number of rotatable bonds is 3. The number of carbonyl (C=O) groups is 1. The zero-order chi connectivity index (χ0) is 18.8. The average Bonchev–Trinajstić information content (AvgIpc) is 3.13. The summed E-state index contributed by atoms with van der Waals surface area (Å²) in [6.45, 7) is 0. The number of fused-ring (bicyclic) bond motifs is 1. The monoisotopic (exact) mass is 384 g/mol. The fourth-order valence-corrected chi connectivity index (χ4v) is 2.66. The molecule has 0 bridgehead atoms. The average molecular weight is 385 g/mol. The normalized spacial score (nSPS) is 10.7. The van der Waals surface area contributed by atoms with Gasteiger partial charge in [0.15, 0.2) is 5.52 Å². The van der Waals surface area contributed by atoms with Gasteiger partial charge < -0.3 is 4.74 Å². The van der Waals surface area contributed by atoms with Crippen LogP contribution in [0.4, 0.5) is 14.9 Å². The largest absolute Gasteiger partial charge is 0.417 e. The summed E-state index contributed by atoms with van der Waals surface area (Å²) >= 11 is 6.25. The number of carbonyl (C=O) groups excluding carboxylic acids is 1. The summed E-state index contributed by atoms with van der Waals surface area (Å²) in [7, 11) is 0. The lowest BCUT2D eigenvalue weighted by molar-refractivity contribution is 0.215. The molecule has 0 spiro atoms. The van der Waals surface area contributed by atoms with Crippen LogP contribution in [0.3, 0.4) is 0 Å². The summed E-state index contributed by atoms with van der Waals surface area (Å²) < 4.78 is 24.1. The van der Waals surface area contributed by atoms with E-state index in [4.69, 9.17) is 16.3 Å². The van der Waals surface area contributed by atoms with Gasteiger partial charge in [0.05, 0.1) is 16.4 Å². The maximum absolute atomic E-state index is 14.5. The third kappa shape index (κ3) is 3.56. The first-order valence-electron chi connectivity index (χ1n) is 7.73. The highest BCUT2D eigenvalue weighted by atomic mass is 35.5. The van der Waals surface area contributed by atoms with Gasteiger partial charge in [-0.3, -0.25) is 5.32 Å². The molecule has 0 atom stereocenters. The van der Waals surface area contributed by atoms with Gasteiger partial charge in [0.1, 0.15) is 11.6 Å². The van der Waals surface area contributed by atoms with E-state index in [1.165, 1.54) is 12.1 Å². The van der Waals surface area contributed by atoms with Crippen molar-refractivity contribution in [1.82, 2.24) is 15.3 Å². The summed E-state index contributed by atoms with van der Waals surface area (Å²) in [5.41, 5.74) is 1.35. The van der Waals surface area contributed by atoms with Crippen LogP contribution in [-0.4, -0.2) is 21.4 Å². The molecular weight excluding hydrogens is 375 g/mol. The lowest BCUT2D eigenvalue weighted by Crippen LogP contribution is -2.17. The van der Waals surface area contributed by atoms with Crippen LogP contribution in [0, 0.1) is 5.82 Å². The van der Waals surface area contributed by atoms with E-state index in [0.717, 1.165) is 0 Å². The lowest BCUT2D eigenvalue weighted by Gasteiger charge is -2.10. The number of halogens is 2. The number of aromatic nitrogens is 3. The van der Waals surface area contributed by atoms with E-state index in [1.54, 1.807) is 42.5 Å². The van der Waals surface area contributed by atoms with Gasteiger partial charge in [-0.25, -0.2) is 18.8 Å². The van der Waals surface area contributed by atoms with Crippen LogP contribution in [0.15, 0.2) is 59.2 Å². The van der Waals surface area contributed by atoms with Crippen molar-refractivity contribution in [3.05, 3.63) is 65.4 Å². The molecule has 2 aromatic carbocycles. The first-order valence-corrected chi connectivity index (χ1v) is 8.10. The highest BCUT2D eigenvalue weighted by Gasteiger charge is 2.15. The summed E-state index contributed by atoms with van der Waals surface area (Å²) in [4.78, 5) is 16.2. The van der Waals surface area contributed by atoms with Gasteiger partial charge in [0.25, 0.3) is 0 Å². The zero-order valence-electron chi connectivity index (χ0n) is 13.5. The number of amides is 1. The number of nitrogens with one attached hydrogen (secondary N) is 1. The van der Waals surface area contributed by atoms with Crippen molar-refractivity contribution < 1.29 is 18.6 Å². The summed E-state index contributed by atoms with van der Waals surface area (Å²) in [5.74, 6) is -0.364. The number of pyridine rings is 1. The SMILES string of the molecule is O=C(Nc1cc(Cl)c(-c2ccc3nonc3n2)cc1F)Oc1ccccc1. The molecule has 0 radical (unpaired) electrons. The molecule has 134 valence electrons. The molecule has 1 amide bonds. The van der Waals surface area contributed by atoms with Crippen molar-refractivity contribution in [2.45, 2.75) is 0 Å². The number of benzene rings is 2. The Kier molecular flexibility index (Phi) is 4.39. The van der Waals surface area contributed by atoms with Crippen LogP contribution in [0.25, 0.3) is 22.4 Å². The first-order chi connectivity index (χ1) is 13.1. The Bertz CT molecular complexity index is 1130. The molecule has 0 saturated heterocycles. The molecule has 7 nitrogen and oxygen atoms in total. The quantitative estimate of drug-likeness (QED) is 0.551. The molecular formula is C18H10ClFN4O3. The fraction of sp³-hybridized carbons (Fsp3) is 0. The minimum absolute atomic E-state index is 0.117. The van der Waals surface area contributed by atoms with Crippen LogP contribution in [-0.2, 0) is 0 Å². The Morgan fingerprint density at radius 3 is 2.74 bits per heavy atom. The second kappa shape index (κ2) is 7.00. The molecule has 4 rings (SSSR count). The molecule has 0 aliphatic carbocycles. The molecule has 1 N–H and O–H groups in total. The molecule has 0 aliphatic rings. The molecule has 27 heavy (non-hydrogen) atoms. The summed E-state index contributed by atoms with van der Waals surface area (Å²) in [6, 6.07) is 14.1.